The third-order valence-corrected chi connectivity index (χ3v) is 4.77. The summed E-state index contributed by atoms with van der Waals surface area (Å²) in [5.74, 6) is -1.53. The maximum Gasteiger partial charge on any atom is 0.273 e. The zero-order valence-electron chi connectivity index (χ0n) is 16.6. The zero-order valence-corrected chi connectivity index (χ0v) is 16.6. The third-order valence-electron chi connectivity index (χ3n) is 4.77. The number of nitrogens with one attached hydrogen (secondary N) is 2. The number of carbonyl (C=O) groups excluding carboxylic acids is 2. The van der Waals surface area contributed by atoms with E-state index in [-0.39, 0.29) is 18.4 Å². The van der Waals surface area contributed by atoms with Gasteiger partial charge >= 0.3 is 0 Å². The molecular weight excluding hydrogens is 378 g/mol. The summed E-state index contributed by atoms with van der Waals surface area (Å²) in [6, 6.07) is 6.38. The Labute approximate surface area is 168 Å². The van der Waals surface area contributed by atoms with E-state index in [0.717, 1.165) is 24.2 Å². The lowest BCUT2D eigenvalue weighted by molar-refractivity contribution is -0.125. The minimum atomic E-state index is -0.970. The van der Waals surface area contributed by atoms with Crippen LogP contribution in [0.2, 0.25) is 0 Å². The van der Waals surface area contributed by atoms with Gasteiger partial charge in [0.1, 0.15) is 17.6 Å². The van der Waals surface area contributed by atoms with Crippen LogP contribution in [0, 0.1) is 17.6 Å². The summed E-state index contributed by atoms with van der Waals surface area (Å²) in [4.78, 5) is 31.1. The minimum Gasteiger partial charge on any atom is -0.370 e. The van der Waals surface area contributed by atoms with E-state index in [2.05, 4.69) is 29.5 Å². The number of pyridine rings is 1. The van der Waals surface area contributed by atoms with Gasteiger partial charge in [0.15, 0.2) is 11.6 Å². The van der Waals surface area contributed by atoms with Crippen molar-refractivity contribution in [3.63, 3.8) is 0 Å². The Hall–Kier alpha value is -3.03. The molecule has 2 N–H and O–H groups in total. The Morgan fingerprint density at radius 1 is 1.17 bits per heavy atom. The van der Waals surface area contributed by atoms with Crippen LogP contribution in [0.5, 0.6) is 0 Å². The zero-order chi connectivity index (χ0) is 21.1. The first-order valence-electron chi connectivity index (χ1n) is 9.52. The first-order chi connectivity index (χ1) is 13.8. The molecule has 1 aliphatic heterocycles. The quantitative estimate of drug-likeness (QED) is 0.747. The van der Waals surface area contributed by atoms with Crippen LogP contribution in [-0.4, -0.2) is 34.3 Å². The Kier molecular flexibility index (Phi) is 6.10. The molecule has 6 nitrogen and oxygen atoms in total. The fourth-order valence-electron chi connectivity index (χ4n) is 3.04. The highest BCUT2D eigenvalue weighted by molar-refractivity contribution is 5.99. The topological polar surface area (TPSA) is 74.3 Å². The van der Waals surface area contributed by atoms with Gasteiger partial charge in [-0.2, -0.15) is 0 Å². The molecule has 2 amide bonds. The molecule has 1 atom stereocenters. The number of carbonyl (C=O) groups is 2. The van der Waals surface area contributed by atoms with Crippen molar-refractivity contribution in [3.05, 3.63) is 58.8 Å². The van der Waals surface area contributed by atoms with Crippen molar-refractivity contribution in [2.45, 2.75) is 39.9 Å². The Bertz CT molecular complexity index is 933. The number of amides is 2. The second kappa shape index (κ2) is 8.55. The van der Waals surface area contributed by atoms with Gasteiger partial charge in [-0.15, -0.1) is 0 Å². The molecule has 0 radical (unpaired) electrons. The number of rotatable bonds is 7. The molecule has 0 fully saturated rings. The number of benzene rings is 1. The Morgan fingerprint density at radius 3 is 2.62 bits per heavy atom. The number of hydrogen-bond acceptors (Lipinski definition) is 4. The number of nitrogens with zero attached hydrogens (tertiary/aromatic N) is 2. The van der Waals surface area contributed by atoms with Crippen LogP contribution in [0.15, 0.2) is 30.3 Å². The molecule has 0 unspecified atom stereocenters. The third kappa shape index (κ3) is 4.70. The molecule has 0 spiro atoms. The second-order valence-corrected chi connectivity index (χ2v) is 7.55. The van der Waals surface area contributed by atoms with Gasteiger partial charge in [0.25, 0.3) is 5.91 Å². The van der Waals surface area contributed by atoms with Gasteiger partial charge in [-0.25, -0.2) is 13.8 Å². The lowest BCUT2D eigenvalue weighted by atomic mass is 10.2. The Balaban J connectivity index is 1.62. The highest BCUT2D eigenvalue weighted by Gasteiger charge is 2.35. The molecule has 3 rings (SSSR count). The smallest absolute Gasteiger partial charge is 0.273 e. The van der Waals surface area contributed by atoms with E-state index in [1.54, 1.807) is 6.92 Å². The van der Waals surface area contributed by atoms with Gasteiger partial charge in [-0.1, -0.05) is 26.0 Å². The average molecular weight is 402 g/mol. The number of fused-ring (bicyclic) bond motifs is 1. The maximum atomic E-state index is 13.3. The molecule has 1 aliphatic rings. The van der Waals surface area contributed by atoms with Crippen LogP contribution in [-0.2, 0) is 17.9 Å². The van der Waals surface area contributed by atoms with Crippen molar-refractivity contribution in [2.75, 3.05) is 11.9 Å². The standard InChI is InChI=1S/C21H24F2N4O2/c1-12(2)9-24-18-7-5-15-11-27(21(29)19(15)26-18)13(3)20(28)25-10-14-4-6-16(22)17(23)8-14/h4-8,12-13H,9-11H2,1-3H3,(H,24,26)(H,25,28)/t13-/m1/s1. The van der Waals surface area contributed by atoms with E-state index in [1.165, 1.54) is 11.0 Å². The summed E-state index contributed by atoms with van der Waals surface area (Å²) in [5.41, 5.74) is 1.55. The SMILES string of the molecule is CC(C)CNc1ccc2c(n1)C(=O)N([C@H](C)C(=O)NCc1ccc(F)c(F)c1)C2. The monoisotopic (exact) mass is 402 g/mol. The van der Waals surface area contributed by atoms with Gasteiger partial charge in [-0.05, 0) is 36.6 Å². The summed E-state index contributed by atoms with van der Waals surface area (Å²) >= 11 is 0. The summed E-state index contributed by atoms with van der Waals surface area (Å²) in [6.45, 7) is 6.86. The van der Waals surface area contributed by atoms with Crippen molar-refractivity contribution >= 4 is 17.6 Å². The van der Waals surface area contributed by atoms with Crippen LogP contribution in [0.3, 0.4) is 0 Å². The highest BCUT2D eigenvalue weighted by Crippen LogP contribution is 2.25. The number of halogens is 2. The van der Waals surface area contributed by atoms with Gasteiger partial charge in [-0.3, -0.25) is 9.59 Å². The first-order valence-corrected chi connectivity index (χ1v) is 9.52. The van der Waals surface area contributed by atoms with Gasteiger partial charge < -0.3 is 15.5 Å². The molecule has 154 valence electrons. The van der Waals surface area contributed by atoms with Crippen molar-refractivity contribution < 1.29 is 18.4 Å². The van der Waals surface area contributed by atoms with Gasteiger partial charge in [0.05, 0.1) is 0 Å². The summed E-state index contributed by atoms with van der Waals surface area (Å²) < 4.78 is 26.3. The van der Waals surface area contributed by atoms with Crippen LogP contribution in [0.25, 0.3) is 0 Å². The van der Waals surface area contributed by atoms with E-state index in [4.69, 9.17) is 0 Å². The predicted octanol–water partition coefficient (Wildman–Crippen LogP) is 3.09. The Morgan fingerprint density at radius 2 is 1.93 bits per heavy atom. The number of hydrogen-bond donors (Lipinski definition) is 2. The number of aromatic nitrogens is 1. The molecule has 0 aliphatic carbocycles. The van der Waals surface area contributed by atoms with Crippen molar-refractivity contribution in [2.24, 2.45) is 5.92 Å². The minimum absolute atomic E-state index is 0.0386. The van der Waals surface area contributed by atoms with Crippen molar-refractivity contribution in [1.29, 1.82) is 0 Å². The van der Waals surface area contributed by atoms with E-state index in [0.29, 0.717) is 29.5 Å². The van der Waals surface area contributed by atoms with Crippen LogP contribution in [0.1, 0.15) is 42.4 Å². The van der Waals surface area contributed by atoms with E-state index in [1.807, 2.05) is 12.1 Å². The number of anilines is 1. The predicted molar refractivity (Wildman–Crippen MR) is 105 cm³/mol. The summed E-state index contributed by atoms with van der Waals surface area (Å²) in [6.07, 6.45) is 0. The normalized spacial score (nSPS) is 14.1. The molecule has 1 aromatic carbocycles. The molecule has 29 heavy (non-hydrogen) atoms. The average Bonchev–Trinajstić information content (AvgIpc) is 3.02. The van der Waals surface area contributed by atoms with Crippen LogP contribution >= 0.6 is 0 Å². The van der Waals surface area contributed by atoms with Gasteiger partial charge in [0, 0.05) is 25.2 Å². The summed E-state index contributed by atoms with van der Waals surface area (Å²) in [7, 11) is 0. The molecule has 0 bridgehead atoms. The second-order valence-electron chi connectivity index (χ2n) is 7.55. The summed E-state index contributed by atoms with van der Waals surface area (Å²) in [5, 5.41) is 5.85. The highest BCUT2D eigenvalue weighted by atomic mass is 19.2. The maximum absolute atomic E-state index is 13.3. The van der Waals surface area contributed by atoms with Crippen molar-refractivity contribution in [3.8, 4) is 0 Å². The fraction of sp³-hybridized carbons (Fsp3) is 0.381. The largest absolute Gasteiger partial charge is 0.370 e. The van der Waals surface area contributed by atoms with E-state index in [9.17, 15) is 18.4 Å². The lowest BCUT2D eigenvalue weighted by Gasteiger charge is -2.23. The van der Waals surface area contributed by atoms with E-state index >= 15 is 0 Å². The molecule has 8 heteroatoms. The van der Waals surface area contributed by atoms with Crippen LogP contribution in [0.4, 0.5) is 14.6 Å². The molecule has 2 aromatic rings. The van der Waals surface area contributed by atoms with Crippen molar-refractivity contribution in [1.82, 2.24) is 15.2 Å². The molecule has 0 saturated carbocycles. The van der Waals surface area contributed by atoms with E-state index < -0.39 is 17.7 Å². The fourth-order valence-corrected chi connectivity index (χ4v) is 3.04. The molecular formula is C21H24F2N4O2. The molecule has 1 aromatic heterocycles. The lowest BCUT2D eigenvalue weighted by Crippen LogP contribution is -2.45. The van der Waals surface area contributed by atoms with Crippen LogP contribution < -0.4 is 10.6 Å². The molecule has 0 saturated heterocycles. The first kappa shape index (κ1) is 20.7. The molecule has 2 heterocycles. The van der Waals surface area contributed by atoms with Gasteiger partial charge in [0.2, 0.25) is 5.91 Å².